The van der Waals surface area contributed by atoms with Crippen molar-refractivity contribution in [2.75, 3.05) is 26.4 Å². The second-order valence-electron chi connectivity index (χ2n) is 4.52. The predicted molar refractivity (Wildman–Crippen MR) is 70.1 cm³/mol. The van der Waals surface area contributed by atoms with Crippen LogP contribution >= 0.6 is 0 Å². The second kappa shape index (κ2) is 6.60. The van der Waals surface area contributed by atoms with Crippen LogP contribution in [0.15, 0.2) is 18.2 Å². The summed E-state index contributed by atoms with van der Waals surface area (Å²) in [5, 5.41) is 14.1. The van der Waals surface area contributed by atoms with Crippen molar-refractivity contribution in [3.05, 3.63) is 39.4 Å². The average molecular weight is 266 g/mol. The van der Waals surface area contributed by atoms with E-state index in [1.54, 1.807) is 13.0 Å². The lowest BCUT2D eigenvalue weighted by Crippen LogP contribution is -2.37. The molecule has 6 nitrogen and oxygen atoms in total. The van der Waals surface area contributed by atoms with Gasteiger partial charge in [-0.15, -0.1) is 0 Å². The van der Waals surface area contributed by atoms with Crippen LogP contribution in [0.2, 0.25) is 0 Å². The Morgan fingerprint density at radius 3 is 3.00 bits per heavy atom. The first-order valence-corrected chi connectivity index (χ1v) is 6.31. The van der Waals surface area contributed by atoms with E-state index >= 15 is 0 Å². The van der Waals surface area contributed by atoms with E-state index in [1.165, 1.54) is 6.07 Å². The van der Waals surface area contributed by atoms with Crippen molar-refractivity contribution in [1.82, 2.24) is 5.32 Å². The molecule has 1 aromatic carbocycles. The monoisotopic (exact) mass is 266 g/mol. The van der Waals surface area contributed by atoms with Gasteiger partial charge in [-0.05, 0) is 12.5 Å². The highest BCUT2D eigenvalue weighted by Crippen LogP contribution is 2.20. The summed E-state index contributed by atoms with van der Waals surface area (Å²) in [5.74, 6) is 0. The van der Waals surface area contributed by atoms with Crippen LogP contribution in [0, 0.1) is 17.0 Å². The fourth-order valence-corrected chi connectivity index (χ4v) is 2.08. The van der Waals surface area contributed by atoms with Gasteiger partial charge in [-0.1, -0.05) is 12.1 Å². The molecule has 1 N–H and O–H groups in total. The average Bonchev–Trinajstić information content (AvgIpc) is 2.41. The van der Waals surface area contributed by atoms with Crippen molar-refractivity contribution in [1.29, 1.82) is 0 Å². The molecule has 1 fully saturated rings. The number of nitro benzene ring substituents is 1. The molecule has 1 heterocycles. The number of nitrogens with one attached hydrogen (secondary N) is 1. The van der Waals surface area contributed by atoms with Crippen molar-refractivity contribution < 1.29 is 14.4 Å². The lowest BCUT2D eigenvalue weighted by atomic mass is 10.1. The molecule has 0 bridgehead atoms. The van der Waals surface area contributed by atoms with Gasteiger partial charge in [0, 0.05) is 24.7 Å². The Labute approximate surface area is 111 Å². The zero-order valence-electron chi connectivity index (χ0n) is 10.9. The van der Waals surface area contributed by atoms with Crippen molar-refractivity contribution >= 4 is 5.69 Å². The maximum Gasteiger partial charge on any atom is 0.272 e. The number of nitrogens with zero attached hydrogens (tertiary/aromatic N) is 1. The first-order valence-electron chi connectivity index (χ1n) is 6.31. The van der Waals surface area contributed by atoms with Crippen molar-refractivity contribution in [2.24, 2.45) is 0 Å². The summed E-state index contributed by atoms with van der Waals surface area (Å²) in [5.41, 5.74) is 1.81. The molecule has 104 valence electrons. The molecule has 0 radical (unpaired) electrons. The Kier molecular flexibility index (Phi) is 4.84. The zero-order chi connectivity index (χ0) is 13.7. The Morgan fingerprint density at radius 2 is 2.32 bits per heavy atom. The molecule has 1 aliphatic rings. The molecule has 2 rings (SSSR count). The molecule has 0 amide bonds. The number of hydrogen-bond acceptors (Lipinski definition) is 5. The highest BCUT2D eigenvalue weighted by molar-refractivity contribution is 5.44. The third kappa shape index (κ3) is 3.73. The fraction of sp³-hybridized carbons (Fsp3) is 0.538. The molecule has 0 aromatic heterocycles. The number of ether oxygens (including phenoxy) is 2. The predicted octanol–water partition coefficient (Wildman–Crippen LogP) is 1.41. The van der Waals surface area contributed by atoms with Crippen LogP contribution in [0.1, 0.15) is 11.1 Å². The second-order valence-corrected chi connectivity index (χ2v) is 4.52. The van der Waals surface area contributed by atoms with Gasteiger partial charge in [0.15, 0.2) is 0 Å². The normalized spacial score (nSPS) is 19.3. The third-order valence-electron chi connectivity index (χ3n) is 3.19. The SMILES string of the molecule is Cc1c(CNCC2COCCO2)cccc1[N+](=O)[O-]. The van der Waals surface area contributed by atoms with Crippen LogP contribution in [-0.2, 0) is 16.0 Å². The molecule has 1 atom stereocenters. The molecule has 0 saturated carbocycles. The Morgan fingerprint density at radius 1 is 1.47 bits per heavy atom. The highest BCUT2D eigenvalue weighted by Gasteiger charge is 2.15. The van der Waals surface area contributed by atoms with Crippen LogP contribution in [0.4, 0.5) is 5.69 Å². The van der Waals surface area contributed by atoms with E-state index in [2.05, 4.69) is 5.32 Å². The van der Waals surface area contributed by atoms with Crippen LogP contribution in [0.25, 0.3) is 0 Å². The van der Waals surface area contributed by atoms with E-state index in [9.17, 15) is 10.1 Å². The summed E-state index contributed by atoms with van der Waals surface area (Å²) in [6.07, 6.45) is 0.0627. The lowest BCUT2D eigenvalue weighted by Gasteiger charge is -2.23. The molecule has 1 unspecified atom stereocenters. The van der Waals surface area contributed by atoms with Gasteiger partial charge >= 0.3 is 0 Å². The van der Waals surface area contributed by atoms with Crippen LogP contribution in [-0.4, -0.2) is 37.4 Å². The number of benzene rings is 1. The Hall–Kier alpha value is -1.50. The van der Waals surface area contributed by atoms with E-state index in [0.717, 1.165) is 5.56 Å². The molecule has 1 aliphatic heterocycles. The summed E-state index contributed by atoms with van der Waals surface area (Å²) in [6, 6.07) is 5.13. The Bertz CT molecular complexity index is 444. The summed E-state index contributed by atoms with van der Waals surface area (Å²) < 4.78 is 10.8. The molecule has 0 aliphatic carbocycles. The van der Waals surface area contributed by atoms with E-state index in [-0.39, 0.29) is 16.7 Å². The quantitative estimate of drug-likeness (QED) is 0.644. The van der Waals surface area contributed by atoms with Gasteiger partial charge in [-0.25, -0.2) is 0 Å². The molecular weight excluding hydrogens is 248 g/mol. The van der Waals surface area contributed by atoms with Crippen molar-refractivity contribution in [2.45, 2.75) is 19.6 Å². The molecule has 1 aromatic rings. The Balaban J connectivity index is 1.88. The number of hydrogen-bond donors (Lipinski definition) is 1. The lowest BCUT2D eigenvalue weighted by molar-refractivity contribution is -0.385. The standard InChI is InChI=1S/C13H18N2O4/c1-10-11(3-2-4-13(10)15(16)17)7-14-8-12-9-18-5-6-19-12/h2-4,12,14H,5-9H2,1H3. The summed E-state index contributed by atoms with van der Waals surface area (Å²) in [6.45, 7) is 4.93. The molecule has 1 saturated heterocycles. The van der Waals surface area contributed by atoms with Gasteiger partial charge < -0.3 is 14.8 Å². The van der Waals surface area contributed by atoms with E-state index in [4.69, 9.17) is 9.47 Å². The van der Waals surface area contributed by atoms with E-state index < -0.39 is 0 Å². The van der Waals surface area contributed by atoms with Crippen molar-refractivity contribution in [3.8, 4) is 0 Å². The van der Waals surface area contributed by atoms with Gasteiger partial charge in [0.25, 0.3) is 5.69 Å². The smallest absolute Gasteiger partial charge is 0.272 e. The summed E-state index contributed by atoms with van der Waals surface area (Å²) in [4.78, 5) is 10.5. The topological polar surface area (TPSA) is 73.6 Å². The van der Waals surface area contributed by atoms with Gasteiger partial charge in [0.2, 0.25) is 0 Å². The fourth-order valence-electron chi connectivity index (χ4n) is 2.08. The van der Waals surface area contributed by atoms with Crippen LogP contribution in [0.3, 0.4) is 0 Å². The zero-order valence-corrected chi connectivity index (χ0v) is 10.9. The minimum absolute atomic E-state index is 0.0627. The number of rotatable bonds is 5. The van der Waals surface area contributed by atoms with E-state index in [1.807, 2.05) is 6.07 Å². The summed E-state index contributed by atoms with van der Waals surface area (Å²) in [7, 11) is 0. The maximum atomic E-state index is 10.8. The van der Waals surface area contributed by atoms with Gasteiger partial charge in [0.05, 0.1) is 30.8 Å². The van der Waals surface area contributed by atoms with Crippen LogP contribution < -0.4 is 5.32 Å². The maximum absolute atomic E-state index is 10.8. The first-order chi connectivity index (χ1) is 9.18. The van der Waals surface area contributed by atoms with Gasteiger partial charge in [-0.3, -0.25) is 10.1 Å². The third-order valence-corrected chi connectivity index (χ3v) is 3.19. The van der Waals surface area contributed by atoms with Crippen LogP contribution in [0.5, 0.6) is 0 Å². The van der Waals surface area contributed by atoms with Gasteiger partial charge in [0.1, 0.15) is 0 Å². The van der Waals surface area contributed by atoms with E-state index in [0.29, 0.717) is 38.5 Å². The molecule has 6 heteroatoms. The largest absolute Gasteiger partial charge is 0.376 e. The minimum Gasteiger partial charge on any atom is -0.376 e. The minimum atomic E-state index is -0.350. The molecule has 0 spiro atoms. The van der Waals surface area contributed by atoms with Gasteiger partial charge in [-0.2, -0.15) is 0 Å². The van der Waals surface area contributed by atoms with Crippen molar-refractivity contribution in [3.63, 3.8) is 0 Å². The summed E-state index contributed by atoms with van der Waals surface area (Å²) >= 11 is 0. The number of nitro groups is 1. The highest BCUT2D eigenvalue weighted by atomic mass is 16.6. The molecule has 19 heavy (non-hydrogen) atoms. The first kappa shape index (κ1) is 13.9. The molecular formula is C13H18N2O4.